The van der Waals surface area contributed by atoms with Crippen molar-refractivity contribution >= 4 is 0 Å². The third-order valence-corrected chi connectivity index (χ3v) is 4.35. The van der Waals surface area contributed by atoms with E-state index in [2.05, 4.69) is 0 Å². The van der Waals surface area contributed by atoms with Crippen LogP contribution >= 0.6 is 0 Å². The first-order chi connectivity index (χ1) is 9.24. The smallest absolute Gasteiger partial charge is 0.124 e. The van der Waals surface area contributed by atoms with Gasteiger partial charge in [0.15, 0.2) is 0 Å². The highest BCUT2D eigenvalue weighted by atomic mass is 16.5. The molecule has 104 valence electrons. The molecule has 0 amide bonds. The third-order valence-electron chi connectivity index (χ3n) is 4.35. The van der Waals surface area contributed by atoms with Gasteiger partial charge in [0.2, 0.25) is 0 Å². The van der Waals surface area contributed by atoms with Crippen molar-refractivity contribution in [3.05, 3.63) is 29.3 Å². The number of ether oxygens (including phenoxy) is 1. The molecule has 0 bridgehead atoms. The van der Waals surface area contributed by atoms with E-state index in [0.29, 0.717) is 0 Å². The van der Waals surface area contributed by atoms with Crippen LogP contribution in [0.3, 0.4) is 0 Å². The summed E-state index contributed by atoms with van der Waals surface area (Å²) in [7, 11) is 0. The van der Waals surface area contributed by atoms with Crippen LogP contribution < -0.4 is 4.74 Å². The van der Waals surface area contributed by atoms with Gasteiger partial charge in [0.25, 0.3) is 0 Å². The van der Waals surface area contributed by atoms with Crippen molar-refractivity contribution in [3.8, 4) is 5.75 Å². The Bertz CT molecular complexity index is 444. The Hall–Kier alpha value is -1.06. The van der Waals surface area contributed by atoms with E-state index in [1.165, 1.54) is 5.56 Å². The zero-order valence-corrected chi connectivity index (χ0v) is 11.2. The van der Waals surface area contributed by atoms with Gasteiger partial charge in [0.05, 0.1) is 12.2 Å². The normalized spacial score (nSPS) is 30.7. The van der Waals surface area contributed by atoms with Crippen LogP contribution in [0, 0.1) is 0 Å². The number of rotatable bonds is 2. The lowest BCUT2D eigenvalue weighted by molar-refractivity contribution is 0.00677. The third kappa shape index (κ3) is 2.77. The minimum atomic E-state index is -0.338. The summed E-state index contributed by atoms with van der Waals surface area (Å²) in [5.74, 6) is 0.832. The predicted octanol–water partition coefficient (Wildman–Crippen LogP) is 2.74. The molecule has 0 saturated heterocycles. The molecule has 1 aromatic rings. The molecule has 0 heterocycles. The lowest BCUT2D eigenvalue weighted by Gasteiger charge is -2.29. The van der Waals surface area contributed by atoms with Gasteiger partial charge < -0.3 is 14.9 Å². The van der Waals surface area contributed by atoms with Crippen LogP contribution in [-0.2, 0) is 6.42 Å². The summed E-state index contributed by atoms with van der Waals surface area (Å²) >= 11 is 0. The highest BCUT2D eigenvalue weighted by Gasteiger charge is 2.25. The Morgan fingerprint density at radius 1 is 1.00 bits per heavy atom. The summed E-state index contributed by atoms with van der Waals surface area (Å²) in [6.45, 7) is 0. The number of aliphatic hydroxyl groups is 2. The molecule has 0 aromatic heterocycles. The van der Waals surface area contributed by atoms with Gasteiger partial charge in [-0.05, 0) is 61.8 Å². The molecule has 0 spiro atoms. The molecule has 19 heavy (non-hydrogen) atoms. The van der Waals surface area contributed by atoms with Gasteiger partial charge in [-0.15, -0.1) is 0 Å². The highest BCUT2D eigenvalue weighted by molar-refractivity contribution is 5.38. The van der Waals surface area contributed by atoms with E-state index < -0.39 is 0 Å². The maximum Gasteiger partial charge on any atom is 0.124 e. The van der Waals surface area contributed by atoms with E-state index in [1.54, 1.807) is 0 Å². The summed E-state index contributed by atoms with van der Waals surface area (Å²) in [6, 6.07) is 5.94. The molecule has 3 heteroatoms. The van der Waals surface area contributed by atoms with Gasteiger partial charge >= 0.3 is 0 Å². The quantitative estimate of drug-likeness (QED) is 0.861. The van der Waals surface area contributed by atoms with E-state index in [9.17, 15) is 10.2 Å². The molecule has 0 aliphatic heterocycles. The van der Waals surface area contributed by atoms with Gasteiger partial charge in [-0.1, -0.05) is 12.5 Å². The van der Waals surface area contributed by atoms with E-state index in [0.717, 1.165) is 56.3 Å². The Balaban J connectivity index is 1.75. The fourth-order valence-electron chi connectivity index (χ4n) is 3.23. The van der Waals surface area contributed by atoms with Crippen LogP contribution in [0.4, 0.5) is 0 Å². The topological polar surface area (TPSA) is 49.7 Å². The van der Waals surface area contributed by atoms with E-state index in [4.69, 9.17) is 4.74 Å². The average Bonchev–Trinajstić information content (AvgIpc) is 2.42. The summed E-state index contributed by atoms with van der Waals surface area (Å²) in [5.41, 5.74) is 2.24. The molecular weight excluding hydrogens is 240 g/mol. The van der Waals surface area contributed by atoms with Crippen molar-refractivity contribution in [2.75, 3.05) is 0 Å². The van der Waals surface area contributed by atoms with Crippen molar-refractivity contribution in [1.82, 2.24) is 0 Å². The van der Waals surface area contributed by atoms with Gasteiger partial charge in [-0.25, -0.2) is 0 Å². The van der Waals surface area contributed by atoms with Gasteiger partial charge in [0.1, 0.15) is 11.9 Å². The summed E-state index contributed by atoms with van der Waals surface area (Å²) in [5, 5.41) is 19.9. The molecular formula is C16H22O3. The number of hydrogen-bond donors (Lipinski definition) is 2. The van der Waals surface area contributed by atoms with Gasteiger partial charge in [0, 0.05) is 0 Å². The van der Waals surface area contributed by atoms with Crippen molar-refractivity contribution in [3.63, 3.8) is 0 Å². The first kappa shape index (κ1) is 12.9. The predicted molar refractivity (Wildman–Crippen MR) is 73.2 cm³/mol. The molecule has 3 atom stereocenters. The van der Waals surface area contributed by atoms with Crippen molar-refractivity contribution in [1.29, 1.82) is 0 Å². The van der Waals surface area contributed by atoms with Crippen molar-refractivity contribution in [2.24, 2.45) is 0 Å². The molecule has 2 aliphatic rings. The molecule has 1 fully saturated rings. The highest BCUT2D eigenvalue weighted by Crippen LogP contribution is 2.33. The Morgan fingerprint density at radius 3 is 2.68 bits per heavy atom. The number of aliphatic hydroxyl groups excluding tert-OH is 2. The Labute approximate surface area is 114 Å². The second-order valence-electron chi connectivity index (χ2n) is 5.78. The van der Waals surface area contributed by atoms with Gasteiger partial charge in [-0.2, -0.15) is 0 Å². The summed E-state index contributed by atoms with van der Waals surface area (Å²) in [6.07, 6.45) is 6.17. The van der Waals surface area contributed by atoms with Gasteiger partial charge in [-0.3, -0.25) is 0 Å². The first-order valence-corrected chi connectivity index (χ1v) is 7.39. The lowest BCUT2D eigenvalue weighted by Crippen LogP contribution is -2.34. The van der Waals surface area contributed by atoms with Crippen molar-refractivity contribution < 1.29 is 14.9 Å². The Morgan fingerprint density at radius 2 is 1.84 bits per heavy atom. The lowest BCUT2D eigenvalue weighted by atomic mass is 9.89. The van der Waals surface area contributed by atoms with Crippen LogP contribution in [0.25, 0.3) is 0 Å². The standard InChI is InChI=1S/C16H22O3/c17-14-6-3-4-11-10-12(8-9-13(11)14)19-16-7-2-1-5-15(16)18/h8-10,14-18H,1-7H2. The molecule has 0 radical (unpaired) electrons. The number of fused-ring (bicyclic) bond motifs is 1. The van der Waals surface area contributed by atoms with Crippen LogP contribution in [0.1, 0.15) is 55.8 Å². The maximum atomic E-state index is 9.95. The fraction of sp³-hybridized carbons (Fsp3) is 0.625. The minimum Gasteiger partial charge on any atom is -0.488 e. The number of aryl methyl sites for hydroxylation is 1. The summed E-state index contributed by atoms with van der Waals surface area (Å²) in [4.78, 5) is 0. The molecule has 2 aliphatic carbocycles. The van der Waals surface area contributed by atoms with E-state index in [-0.39, 0.29) is 18.3 Å². The molecule has 3 unspecified atom stereocenters. The van der Waals surface area contributed by atoms with E-state index in [1.807, 2.05) is 18.2 Å². The molecule has 3 rings (SSSR count). The second kappa shape index (κ2) is 5.51. The zero-order valence-electron chi connectivity index (χ0n) is 11.2. The SMILES string of the molecule is OC1CCCc2cc(OC3CCCCC3O)ccc21. The zero-order chi connectivity index (χ0) is 13.2. The van der Waals surface area contributed by atoms with Crippen LogP contribution in [0.5, 0.6) is 5.75 Å². The summed E-state index contributed by atoms with van der Waals surface area (Å²) < 4.78 is 5.94. The number of benzene rings is 1. The molecule has 2 N–H and O–H groups in total. The Kier molecular flexibility index (Phi) is 3.76. The van der Waals surface area contributed by atoms with Crippen LogP contribution in [0.2, 0.25) is 0 Å². The monoisotopic (exact) mass is 262 g/mol. The maximum absolute atomic E-state index is 9.95. The van der Waals surface area contributed by atoms with Crippen LogP contribution in [0.15, 0.2) is 18.2 Å². The largest absolute Gasteiger partial charge is 0.488 e. The average molecular weight is 262 g/mol. The molecule has 1 saturated carbocycles. The number of hydrogen-bond acceptors (Lipinski definition) is 3. The fourth-order valence-corrected chi connectivity index (χ4v) is 3.23. The molecule has 3 nitrogen and oxygen atoms in total. The second-order valence-corrected chi connectivity index (χ2v) is 5.78. The van der Waals surface area contributed by atoms with E-state index >= 15 is 0 Å². The first-order valence-electron chi connectivity index (χ1n) is 7.39. The van der Waals surface area contributed by atoms with Crippen LogP contribution in [-0.4, -0.2) is 22.4 Å². The minimum absolute atomic E-state index is 0.0692. The van der Waals surface area contributed by atoms with Crippen molar-refractivity contribution in [2.45, 2.75) is 63.3 Å². The molecule has 1 aromatic carbocycles.